The minimum atomic E-state index is -0.905. The minimum Gasteiger partial charge on any atom is -0.480 e. The fourth-order valence-corrected chi connectivity index (χ4v) is 3.17. The summed E-state index contributed by atoms with van der Waals surface area (Å²) in [6, 6.07) is -0.939. The molecule has 1 saturated heterocycles. The van der Waals surface area contributed by atoms with E-state index in [9.17, 15) is 14.7 Å². The third-order valence-corrected chi connectivity index (χ3v) is 4.86. The quantitative estimate of drug-likeness (QED) is 0.782. The number of methoxy groups -OCH3 is 1. The van der Waals surface area contributed by atoms with Crippen LogP contribution >= 0.6 is 0 Å². The van der Waals surface area contributed by atoms with E-state index >= 15 is 0 Å². The zero-order valence-corrected chi connectivity index (χ0v) is 12.9. The molecule has 2 fully saturated rings. The van der Waals surface area contributed by atoms with Gasteiger partial charge in [-0.2, -0.15) is 0 Å². The van der Waals surface area contributed by atoms with Crippen molar-refractivity contribution < 1.29 is 19.4 Å². The Morgan fingerprint density at radius 1 is 1.43 bits per heavy atom. The molecule has 0 radical (unpaired) electrons. The first-order chi connectivity index (χ1) is 9.99. The second kappa shape index (κ2) is 6.64. The maximum absolute atomic E-state index is 12.3. The monoisotopic (exact) mass is 298 g/mol. The van der Waals surface area contributed by atoms with Crippen LogP contribution in [0.15, 0.2) is 0 Å². The molecule has 1 aliphatic heterocycles. The molecule has 6 nitrogen and oxygen atoms in total. The number of nitrogens with zero attached hydrogens (tertiary/aromatic N) is 1. The van der Waals surface area contributed by atoms with Gasteiger partial charge in [-0.05, 0) is 43.4 Å². The Labute approximate surface area is 125 Å². The smallest absolute Gasteiger partial charge is 0.326 e. The van der Waals surface area contributed by atoms with Crippen LogP contribution in [0.5, 0.6) is 0 Å². The Kier molecular flexibility index (Phi) is 5.08. The van der Waals surface area contributed by atoms with E-state index in [0.717, 1.165) is 32.1 Å². The number of rotatable bonds is 6. The van der Waals surface area contributed by atoms with Crippen LogP contribution in [0.25, 0.3) is 0 Å². The van der Waals surface area contributed by atoms with Gasteiger partial charge in [-0.1, -0.05) is 6.92 Å². The number of carboxylic acid groups (broad SMARTS) is 1. The van der Waals surface area contributed by atoms with Crippen molar-refractivity contribution in [2.24, 2.45) is 11.3 Å². The van der Waals surface area contributed by atoms with Gasteiger partial charge >= 0.3 is 12.0 Å². The molecule has 21 heavy (non-hydrogen) atoms. The third kappa shape index (κ3) is 3.87. The second-order valence-corrected chi connectivity index (χ2v) is 6.50. The molecule has 2 unspecified atom stereocenters. The Bertz CT molecular complexity index is 395. The highest BCUT2D eigenvalue weighted by Crippen LogP contribution is 2.48. The summed E-state index contributed by atoms with van der Waals surface area (Å²) >= 11 is 0. The summed E-state index contributed by atoms with van der Waals surface area (Å²) in [5.41, 5.74) is 0.172. The summed E-state index contributed by atoms with van der Waals surface area (Å²) in [5.74, 6) is -0.900. The SMILES string of the molecule is COCCC1(CNC(=O)N2CCCC(C)C2C(=O)O)CC1. The highest BCUT2D eigenvalue weighted by molar-refractivity contribution is 5.83. The summed E-state index contributed by atoms with van der Waals surface area (Å²) in [5, 5.41) is 12.3. The van der Waals surface area contributed by atoms with Crippen LogP contribution in [-0.4, -0.2) is 54.9 Å². The normalized spacial score (nSPS) is 27.2. The lowest BCUT2D eigenvalue weighted by molar-refractivity contribution is -0.145. The molecule has 2 aliphatic rings. The maximum atomic E-state index is 12.3. The number of nitrogens with one attached hydrogen (secondary N) is 1. The average molecular weight is 298 g/mol. The molecule has 1 aliphatic carbocycles. The number of ether oxygens (including phenoxy) is 1. The number of urea groups is 1. The van der Waals surface area contributed by atoms with E-state index in [2.05, 4.69) is 5.32 Å². The fourth-order valence-electron chi connectivity index (χ4n) is 3.17. The second-order valence-electron chi connectivity index (χ2n) is 6.50. The van der Waals surface area contributed by atoms with Crippen LogP contribution in [0.2, 0.25) is 0 Å². The zero-order valence-electron chi connectivity index (χ0n) is 12.9. The van der Waals surface area contributed by atoms with Gasteiger partial charge < -0.3 is 20.1 Å². The Hall–Kier alpha value is -1.30. The van der Waals surface area contributed by atoms with Crippen LogP contribution in [-0.2, 0) is 9.53 Å². The predicted molar refractivity (Wildman–Crippen MR) is 78.1 cm³/mol. The zero-order chi connectivity index (χ0) is 15.5. The number of piperidine rings is 1. The first kappa shape index (κ1) is 16.1. The number of aliphatic carboxylic acids is 1. The standard InChI is InChI=1S/C15H26N2O4/c1-11-4-3-8-17(12(11)13(18)19)14(20)16-10-15(5-6-15)7-9-21-2/h11-12H,3-10H2,1-2H3,(H,16,20)(H,18,19). The van der Waals surface area contributed by atoms with Crippen molar-refractivity contribution in [3.8, 4) is 0 Å². The molecule has 0 aromatic carbocycles. The topological polar surface area (TPSA) is 78.9 Å². The van der Waals surface area contributed by atoms with Crippen molar-refractivity contribution in [2.45, 2.75) is 45.1 Å². The molecular weight excluding hydrogens is 272 g/mol. The van der Waals surface area contributed by atoms with E-state index in [1.165, 1.54) is 4.90 Å². The Morgan fingerprint density at radius 3 is 2.71 bits per heavy atom. The van der Waals surface area contributed by atoms with E-state index < -0.39 is 12.0 Å². The molecule has 0 bridgehead atoms. The molecule has 0 aromatic rings. The van der Waals surface area contributed by atoms with Crippen molar-refractivity contribution in [3.63, 3.8) is 0 Å². The van der Waals surface area contributed by atoms with Crippen molar-refractivity contribution in [1.29, 1.82) is 0 Å². The predicted octanol–water partition coefficient (Wildman–Crippen LogP) is 1.70. The van der Waals surface area contributed by atoms with Crippen LogP contribution in [0.3, 0.4) is 0 Å². The molecule has 120 valence electrons. The van der Waals surface area contributed by atoms with Crippen LogP contribution < -0.4 is 5.32 Å². The molecule has 1 heterocycles. The molecule has 2 atom stereocenters. The average Bonchev–Trinajstić information content (AvgIpc) is 3.22. The summed E-state index contributed by atoms with van der Waals surface area (Å²) < 4.78 is 5.10. The minimum absolute atomic E-state index is 0.00498. The van der Waals surface area contributed by atoms with Crippen LogP contribution in [0.4, 0.5) is 4.79 Å². The lowest BCUT2D eigenvalue weighted by Crippen LogP contribution is -2.55. The van der Waals surface area contributed by atoms with E-state index in [4.69, 9.17) is 4.74 Å². The Balaban J connectivity index is 1.88. The molecule has 2 N–H and O–H groups in total. The van der Waals surface area contributed by atoms with Gasteiger partial charge in [-0.15, -0.1) is 0 Å². The number of hydrogen-bond donors (Lipinski definition) is 2. The van der Waals surface area contributed by atoms with E-state index in [0.29, 0.717) is 19.7 Å². The lowest BCUT2D eigenvalue weighted by atomic mass is 9.91. The largest absolute Gasteiger partial charge is 0.480 e. The van der Waals surface area contributed by atoms with Gasteiger partial charge in [0.05, 0.1) is 0 Å². The number of hydrogen-bond acceptors (Lipinski definition) is 3. The fraction of sp³-hybridized carbons (Fsp3) is 0.867. The number of carbonyl (C=O) groups is 2. The van der Waals surface area contributed by atoms with Crippen molar-refractivity contribution >= 4 is 12.0 Å². The number of carbonyl (C=O) groups excluding carboxylic acids is 1. The van der Waals surface area contributed by atoms with Gasteiger partial charge in [0.25, 0.3) is 0 Å². The first-order valence-electron chi connectivity index (χ1n) is 7.75. The van der Waals surface area contributed by atoms with Crippen molar-refractivity contribution in [2.75, 3.05) is 26.8 Å². The molecule has 2 rings (SSSR count). The number of likely N-dealkylation sites (tertiary alicyclic amines) is 1. The van der Waals surface area contributed by atoms with Crippen LogP contribution in [0.1, 0.15) is 39.0 Å². The number of amides is 2. The maximum Gasteiger partial charge on any atom is 0.326 e. The van der Waals surface area contributed by atoms with E-state index in [1.54, 1.807) is 7.11 Å². The summed E-state index contributed by atoms with van der Waals surface area (Å²) in [7, 11) is 1.68. The first-order valence-corrected chi connectivity index (χ1v) is 7.75. The summed E-state index contributed by atoms with van der Waals surface area (Å²) in [6.45, 7) is 3.75. The Morgan fingerprint density at radius 2 is 2.14 bits per heavy atom. The van der Waals surface area contributed by atoms with Gasteiger partial charge in [-0.25, -0.2) is 9.59 Å². The lowest BCUT2D eigenvalue weighted by Gasteiger charge is -2.37. The third-order valence-electron chi connectivity index (χ3n) is 4.86. The molecule has 0 aromatic heterocycles. The van der Waals surface area contributed by atoms with Gasteiger partial charge in [0.2, 0.25) is 0 Å². The van der Waals surface area contributed by atoms with Crippen LogP contribution in [0, 0.1) is 11.3 Å². The van der Waals surface area contributed by atoms with Crippen molar-refractivity contribution in [3.05, 3.63) is 0 Å². The number of carboxylic acids is 1. The highest BCUT2D eigenvalue weighted by Gasteiger charge is 2.43. The molecule has 6 heteroatoms. The van der Waals surface area contributed by atoms with Gasteiger partial charge in [0, 0.05) is 26.8 Å². The molecule has 0 spiro atoms. The molecule has 2 amide bonds. The highest BCUT2D eigenvalue weighted by atomic mass is 16.5. The summed E-state index contributed by atoms with van der Waals surface area (Å²) in [6.07, 6.45) is 4.89. The summed E-state index contributed by atoms with van der Waals surface area (Å²) in [4.78, 5) is 25.2. The van der Waals surface area contributed by atoms with Gasteiger partial charge in [0.15, 0.2) is 0 Å². The van der Waals surface area contributed by atoms with E-state index in [-0.39, 0.29) is 17.4 Å². The van der Waals surface area contributed by atoms with Gasteiger partial charge in [-0.3, -0.25) is 0 Å². The molecule has 1 saturated carbocycles. The van der Waals surface area contributed by atoms with Crippen molar-refractivity contribution in [1.82, 2.24) is 10.2 Å². The van der Waals surface area contributed by atoms with E-state index in [1.807, 2.05) is 6.92 Å². The van der Waals surface area contributed by atoms with Gasteiger partial charge in [0.1, 0.15) is 6.04 Å². The molecular formula is C15H26N2O4.